The second kappa shape index (κ2) is 8.69. The first-order valence-electron chi connectivity index (χ1n) is 9.97. The molecule has 6 nitrogen and oxygen atoms in total. The number of benzene rings is 2. The lowest BCUT2D eigenvalue weighted by Crippen LogP contribution is -2.44. The summed E-state index contributed by atoms with van der Waals surface area (Å²) < 4.78 is 10.7. The Kier molecular flexibility index (Phi) is 6.25. The van der Waals surface area contributed by atoms with Gasteiger partial charge in [-0.25, -0.2) is 0 Å². The maximum atomic E-state index is 13.1. The Morgan fingerprint density at radius 1 is 1.10 bits per heavy atom. The molecule has 0 saturated carbocycles. The molecule has 2 aromatic carbocycles. The Labute approximate surface area is 176 Å². The molecule has 2 aromatic rings. The van der Waals surface area contributed by atoms with Gasteiger partial charge in [0.05, 0.1) is 7.11 Å². The molecule has 0 aromatic heterocycles. The lowest BCUT2D eigenvalue weighted by Gasteiger charge is -2.31. The minimum atomic E-state index is -1.04. The molecule has 1 fully saturated rings. The Morgan fingerprint density at radius 3 is 2.33 bits per heavy atom. The summed E-state index contributed by atoms with van der Waals surface area (Å²) in [5.41, 5.74) is 0.491. The predicted octanol–water partition coefficient (Wildman–Crippen LogP) is 3.40. The van der Waals surface area contributed by atoms with Gasteiger partial charge in [-0.2, -0.15) is 0 Å². The van der Waals surface area contributed by atoms with Crippen LogP contribution in [0.15, 0.2) is 54.6 Å². The molecule has 3 atom stereocenters. The van der Waals surface area contributed by atoms with Gasteiger partial charge in [0.25, 0.3) is 0 Å². The van der Waals surface area contributed by atoms with Crippen LogP contribution in [0.4, 0.5) is 0 Å². The molecule has 1 heterocycles. The highest BCUT2D eigenvalue weighted by molar-refractivity contribution is 6.03. The number of rotatable bonds is 7. The SMILES string of the molecule is COc1ccc(C(=O)[C@@H](C)[C@@H]2[C@@H](C(=O)NCc3ccccc3)C(=O)OC2(C)C)cc1. The molecule has 1 aliphatic heterocycles. The molecule has 6 heteroatoms. The van der Waals surface area contributed by atoms with Gasteiger partial charge in [0, 0.05) is 23.9 Å². The van der Waals surface area contributed by atoms with Crippen LogP contribution >= 0.6 is 0 Å². The van der Waals surface area contributed by atoms with E-state index < -0.39 is 35.2 Å². The fourth-order valence-electron chi connectivity index (χ4n) is 4.18. The van der Waals surface area contributed by atoms with E-state index in [0.29, 0.717) is 17.9 Å². The van der Waals surface area contributed by atoms with Gasteiger partial charge >= 0.3 is 5.97 Å². The zero-order valence-electron chi connectivity index (χ0n) is 17.7. The summed E-state index contributed by atoms with van der Waals surface area (Å²) in [5.74, 6) is -2.73. The second-order valence-electron chi connectivity index (χ2n) is 8.11. The predicted molar refractivity (Wildman–Crippen MR) is 112 cm³/mol. The topological polar surface area (TPSA) is 81.7 Å². The monoisotopic (exact) mass is 409 g/mol. The number of esters is 1. The summed E-state index contributed by atoms with van der Waals surface area (Å²) >= 11 is 0. The first kappa shape index (κ1) is 21.6. The largest absolute Gasteiger partial charge is 0.497 e. The van der Waals surface area contributed by atoms with E-state index in [9.17, 15) is 14.4 Å². The fraction of sp³-hybridized carbons (Fsp3) is 0.375. The van der Waals surface area contributed by atoms with Gasteiger partial charge in [-0.05, 0) is 43.7 Å². The van der Waals surface area contributed by atoms with Crippen molar-refractivity contribution in [1.29, 1.82) is 0 Å². The number of methoxy groups -OCH3 is 1. The van der Waals surface area contributed by atoms with Gasteiger partial charge in [0.1, 0.15) is 17.3 Å². The average Bonchev–Trinajstić information content (AvgIpc) is 2.99. The van der Waals surface area contributed by atoms with Gasteiger partial charge < -0.3 is 14.8 Å². The minimum Gasteiger partial charge on any atom is -0.497 e. The molecular formula is C24H27NO5. The minimum absolute atomic E-state index is 0.144. The van der Waals surface area contributed by atoms with Crippen LogP contribution in [0.3, 0.4) is 0 Å². The van der Waals surface area contributed by atoms with E-state index in [1.165, 1.54) is 0 Å². The van der Waals surface area contributed by atoms with Crippen molar-refractivity contribution in [3.8, 4) is 5.75 Å². The van der Waals surface area contributed by atoms with Gasteiger partial charge in [0.2, 0.25) is 5.91 Å². The van der Waals surface area contributed by atoms with E-state index in [4.69, 9.17) is 9.47 Å². The van der Waals surface area contributed by atoms with Crippen LogP contribution in [-0.4, -0.2) is 30.4 Å². The number of ether oxygens (including phenoxy) is 2. The maximum absolute atomic E-state index is 13.1. The average molecular weight is 409 g/mol. The highest BCUT2D eigenvalue weighted by Crippen LogP contribution is 2.43. The van der Waals surface area contributed by atoms with Crippen LogP contribution in [0.25, 0.3) is 0 Å². The summed E-state index contributed by atoms with van der Waals surface area (Å²) in [5, 5.41) is 2.82. The van der Waals surface area contributed by atoms with Crippen LogP contribution in [-0.2, 0) is 20.9 Å². The number of amides is 1. The van der Waals surface area contributed by atoms with Gasteiger partial charge in [0.15, 0.2) is 5.78 Å². The molecular weight excluding hydrogens is 382 g/mol. The maximum Gasteiger partial charge on any atom is 0.319 e. The van der Waals surface area contributed by atoms with Crippen LogP contribution in [0.1, 0.15) is 36.7 Å². The molecule has 0 spiro atoms. The quantitative estimate of drug-likeness (QED) is 0.431. The second-order valence-corrected chi connectivity index (χ2v) is 8.11. The summed E-state index contributed by atoms with van der Waals surface area (Å²) in [6.45, 7) is 5.55. The zero-order valence-corrected chi connectivity index (χ0v) is 17.7. The van der Waals surface area contributed by atoms with E-state index in [1.54, 1.807) is 52.1 Å². The molecule has 1 amide bonds. The van der Waals surface area contributed by atoms with Crippen molar-refractivity contribution in [2.24, 2.45) is 17.8 Å². The highest BCUT2D eigenvalue weighted by Gasteiger charge is 2.56. The Bertz CT molecular complexity index is 920. The number of carbonyl (C=O) groups is 3. The van der Waals surface area contributed by atoms with Gasteiger partial charge in [-0.15, -0.1) is 0 Å². The highest BCUT2D eigenvalue weighted by atomic mass is 16.6. The molecule has 30 heavy (non-hydrogen) atoms. The third kappa shape index (κ3) is 4.37. The van der Waals surface area contributed by atoms with Crippen LogP contribution in [0, 0.1) is 17.8 Å². The van der Waals surface area contributed by atoms with E-state index in [-0.39, 0.29) is 5.78 Å². The Morgan fingerprint density at radius 2 is 1.73 bits per heavy atom. The van der Waals surface area contributed by atoms with Crippen LogP contribution in [0.2, 0.25) is 0 Å². The standard InChI is InChI=1S/C24H27NO5/c1-15(21(26)17-10-12-18(29-4)13-11-17)20-19(23(28)30-24(20,2)3)22(27)25-14-16-8-6-5-7-9-16/h5-13,15,19-20H,14H2,1-4H3,(H,25,27)/t15-,19-,20+/m0/s1. The van der Waals surface area contributed by atoms with E-state index in [0.717, 1.165) is 5.56 Å². The van der Waals surface area contributed by atoms with Crippen molar-refractivity contribution in [3.63, 3.8) is 0 Å². The number of hydrogen-bond acceptors (Lipinski definition) is 5. The fourth-order valence-corrected chi connectivity index (χ4v) is 4.18. The molecule has 158 valence electrons. The van der Waals surface area contributed by atoms with E-state index in [1.807, 2.05) is 30.3 Å². The van der Waals surface area contributed by atoms with Gasteiger partial charge in [-0.3, -0.25) is 14.4 Å². The molecule has 3 rings (SSSR count). The lowest BCUT2D eigenvalue weighted by atomic mass is 9.72. The first-order chi connectivity index (χ1) is 14.2. The smallest absolute Gasteiger partial charge is 0.319 e. The van der Waals surface area contributed by atoms with Crippen molar-refractivity contribution in [2.75, 3.05) is 7.11 Å². The van der Waals surface area contributed by atoms with Crippen molar-refractivity contribution in [3.05, 3.63) is 65.7 Å². The number of carbonyl (C=O) groups excluding carboxylic acids is 3. The van der Waals surface area contributed by atoms with E-state index in [2.05, 4.69) is 5.32 Å². The normalized spacial score (nSPS) is 20.9. The zero-order chi connectivity index (χ0) is 21.9. The van der Waals surface area contributed by atoms with Crippen LogP contribution < -0.4 is 10.1 Å². The number of Topliss-reactive ketones (excluding diaryl/α,β-unsaturated/α-hetero) is 1. The number of cyclic esters (lactones) is 1. The van der Waals surface area contributed by atoms with Crippen LogP contribution in [0.5, 0.6) is 5.75 Å². The molecule has 0 unspecified atom stereocenters. The van der Waals surface area contributed by atoms with Crippen molar-refractivity contribution in [2.45, 2.75) is 32.9 Å². The van der Waals surface area contributed by atoms with Gasteiger partial charge in [-0.1, -0.05) is 37.3 Å². The number of ketones is 1. The van der Waals surface area contributed by atoms with Crippen molar-refractivity contribution < 1.29 is 23.9 Å². The lowest BCUT2D eigenvalue weighted by molar-refractivity contribution is -0.150. The Balaban J connectivity index is 1.80. The van der Waals surface area contributed by atoms with Crippen molar-refractivity contribution in [1.82, 2.24) is 5.32 Å². The first-order valence-corrected chi connectivity index (χ1v) is 9.97. The van der Waals surface area contributed by atoms with Crippen molar-refractivity contribution >= 4 is 17.7 Å². The van der Waals surface area contributed by atoms with E-state index >= 15 is 0 Å². The summed E-state index contributed by atoms with van der Waals surface area (Å²) in [6.07, 6.45) is 0. The molecule has 1 saturated heterocycles. The number of hydrogen-bond donors (Lipinski definition) is 1. The molecule has 1 N–H and O–H groups in total. The molecule has 0 radical (unpaired) electrons. The third-order valence-electron chi connectivity index (χ3n) is 5.70. The summed E-state index contributed by atoms with van der Waals surface area (Å²) in [4.78, 5) is 38.7. The number of nitrogens with one attached hydrogen (secondary N) is 1. The third-order valence-corrected chi connectivity index (χ3v) is 5.70. The molecule has 1 aliphatic rings. The summed E-state index contributed by atoms with van der Waals surface area (Å²) in [6, 6.07) is 16.2. The molecule has 0 bridgehead atoms. The molecule has 0 aliphatic carbocycles. The Hall–Kier alpha value is -3.15. The summed E-state index contributed by atoms with van der Waals surface area (Å²) in [7, 11) is 1.56.